The van der Waals surface area contributed by atoms with Gasteiger partial charge in [0, 0.05) is 11.8 Å². The van der Waals surface area contributed by atoms with E-state index in [2.05, 4.69) is 32.0 Å². The van der Waals surface area contributed by atoms with Gasteiger partial charge in [-0.2, -0.15) is 5.10 Å². The number of nitrogens with one attached hydrogen (secondary N) is 2. The number of amides is 1. The second-order valence-electron chi connectivity index (χ2n) is 6.80. The Hall–Kier alpha value is -2.39. The molecule has 1 aliphatic rings. The minimum atomic E-state index is -0.0619. The number of hydrogen-bond acceptors (Lipinski definition) is 7. The van der Waals surface area contributed by atoms with Crippen LogP contribution >= 0.6 is 23.1 Å². The van der Waals surface area contributed by atoms with Crippen LogP contribution in [0.25, 0.3) is 0 Å². The maximum Gasteiger partial charge on any atom is 0.235 e. The van der Waals surface area contributed by atoms with Crippen LogP contribution in [0.3, 0.4) is 0 Å². The molecule has 0 atom stereocenters. The van der Waals surface area contributed by atoms with E-state index >= 15 is 0 Å². The molecule has 0 spiro atoms. The average molecular weight is 415 g/mol. The minimum absolute atomic E-state index is 0.0619. The molecular formula is C19H22N6OS2. The number of nitrogens with zero attached hydrogens (tertiary/aromatic N) is 4. The normalized spacial score (nSPS) is 14.3. The number of anilines is 3. The molecule has 3 aromatic rings. The second kappa shape index (κ2) is 8.74. The van der Waals surface area contributed by atoms with E-state index in [-0.39, 0.29) is 11.7 Å². The van der Waals surface area contributed by atoms with E-state index in [0.29, 0.717) is 11.2 Å². The SMILES string of the molecule is Cc1cccc(Nc2nnc(SCC(=O)Nc3ccnn3C3CCCC3)s2)c1. The first-order valence-electron chi connectivity index (χ1n) is 9.31. The van der Waals surface area contributed by atoms with E-state index in [9.17, 15) is 4.79 Å². The van der Waals surface area contributed by atoms with Crippen LogP contribution in [0.4, 0.5) is 16.6 Å². The number of hydrogen-bond donors (Lipinski definition) is 2. The molecule has 0 bridgehead atoms. The largest absolute Gasteiger partial charge is 0.330 e. The number of thioether (sulfide) groups is 1. The second-order valence-corrected chi connectivity index (χ2v) is 9.00. The van der Waals surface area contributed by atoms with Gasteiger partial charge >= 0.3 is 0 Å². The fourth-order valence-electron chi connectivity index (χ4n) is 3.32. The number of aryl methyl sites for hydroxylation is 1. The van der Waals surface area contributed by atoms with Gasteiger partial charge in [-0.3, -0.25) is 4.79 Å². The van der Waals surface area contributed by atoms with Gasteiger partial charge in [-0.1, -0.05) is 48.1 Å². The third kappa shape index (κ3) is 4.71. The average Bonchev–Trinajstić information content (AvgIpc) is 3.42. The first-order chi connectivity index (χ1) is 13.7. The smallest absolute Gasteiger partial charge is 0.235 e. The van der Waals surface area contributed by atoms with Crippen molar-refractivity contribution in [2.75, 3.05) is 16.4 Å². The van der Waals surface area contributed by atoms with Gasteiger partial charge in [0.05, 0.1) is 18.0 Å². The molecule has 2 N–H and O–H groups in total. The van der Waals surface area contributed by atoms with Gasteiger partial charge in [0.15, 0.2) is 4.34 Å². The number of aromatic nitrogens is 4. The molecule has 0 unspecified atom stereocenters. The fraction of sp³-hybridized carbons (Fsp3) is 0.368. The van der Waals surface area contributed by atoms with Crippen LogP contribution in [0.5, 0.6) is 0 Å². The van der Waals surface area contributed by atoms with Crippen molar-refractivity contribution in [2.24, 2.45) is 0 Å². The van der Waals surface area contributed by atoms with Crippen molar-refractivity contribution in [3.63, 3.8) is 0 Å². The molecule has 1 aliphatic carbocycles. The maximum atomic E-state index is 12.4. The minimum Gasteiger partial charge on any atom is -0.330 e. The Morgan fingerprint density at radius 2 is 2.14 bits per heavy atom. The highest BCUT2D eigenvalue weighted by molar-refractivity contribution is 8.01. The molecule has 2 aromatic heterocycles. The van der Waals surface area contributed by atoms with E-state index in [1.807, 2.05) is 35.9 Å². The van der Waals surface area contributed by atoms with Crippen molar-refractivity contribution in [3.8, 4) is 0 Å². The van der Waals surface area contributed by atoms with Crippen molar-refractivity contribution in [3.05, 3.63) is 42.1 Å². The van der Waals surface area contributed by atoms with Crippen LogP contribution < -0.4 is 10.6 Å². The van der Waals surface area contributed by atoms with Crippen molar-refractivity contribution in [2.45, 2.75) is 43.0 Å². The molecule has 4 rings (SSSR count). The Morgan fingerprint density at radius 1 is 1.29 bits per heavy atom. The van der Waals surface area contributed by atoms with Crippen LogP contribution in [-0.2, 0) is 4.79 Å². The van der Waals surface area contributed by atoms with Crippen molar-refractivity contribution in [1.29, 1.82) is 0 Å². The summed E-state index contributed by atoms with van der Waals surface area (Å²) in [4.78, 5) is 12.4. The molecule has 1 amide bonds. The molecule has 0 radical (unpaired) electrons. The maximum absolute atomic E-state index is 12.4. The number of carbonyl (C=O) groups excluding carboxylic acids is 1. The fourth-order valence-corrected chi connectivity index (χ4v) is 4.90. The quantitative estimate of drug-likeness (QED) is 0.548. The van der Waals surface area contributed by atoms with Crippen LogP contribution in [0.1, 0.15) is 37.3 Å². The Balaban J connectivity index is 1.30. The topological polar surface area (TPSA) is 84.7 Å². The highest BCUT2D eigenvalue weighted by Gasteiger charge is 2.20. The van der Waals surface area contributed by atoms with Gasteiger partial charge in [0.1, 0.15) is 5.82 Å². The van der Waals surface area contributed by atoms with Gasteiger partial charge in [0.25, 0.3) is 0 Å². The summed E-state index contributed by atoms with van der Waals surface area (Å²) in [5.41, 5.74) is 2.16. The van der Waals surface area contributed by atoms with Crippen LogP contribution in [-0.4, -0.2) is 31.6 Å². The standard InChI is InChI=1S/C19H22N6OS2/c1-13-5-4-6-14(11-13)21-18-23-24-19(28-18)27-12-17(26)22-16-9-10-20-25(16)15-7-2-3-8-15/h4-6,9-11,15H,2-3,7-8,12H2,1H3,(H,21,23)(H,22,26). The zero-order chi connectivity index (χ0) is 19.3. The van der Waals surface area contributed by atoms with Gasteiger partial charge in [-0.25, -0.2) is 4.68 Å². The van der Waals surface area contributed by atoms with E-state index < -0.39 is 0 Å². The highest BCUT2D eigenvalue weighted by Crippen LogP contribution is 2.31. The molecular weight excluding hydrogens is 392 g/mol. The van der Waals surface area contributed by atoms with Gasteiger partial charge in [0.2, 0.25) is 11.0 Å². The lowest BCUT2D eigenvalue weighted by atomic mass is 10.2. The predicted octanol–water partition coefficient (Wildman–Crippen LogP) is 4.63. The Morgan fingerprint density at radius 3 is 2.96 bits per heavy atom. The number of rotatable bonds is 7. The molecule has 7 nitrogen and oxygen atoms in total. The summed E-state index contributed by atoms with van der Waals surface area (Å²) in [5, 5.41) is 19.6. The predicted molar refractivity (Wildman–Crippen MR) is 113 cm³/mol. The molecule has 146 valence electrons. The highest BCUT2D eigenvalue weighted by atomic mass is 32.2. The van der Waals surface area contributed by atoms with Crippen molar-refractivity contribution >= 4 is 45.6 Å². The van der Waals surface area contributed by atoms with Crippen molar-refractivity contribution in [1.82, 2.24) is 20.0 Å². The lowest BCUT2D eigenvalue weighted by molar-refractivity contribution is -0.113. The molecule has 9 heteroatoms. The Bertz CT molecular complexity index is 947. The lowest BCUT2D eigenvalue weighted by Gasteiger charge is -2.14. The van der Waals surface area contributed by atoms with Crippen LogP contribution in [0, 0.1) is 6.92 Å². The number of benzene rings is 1. The Kier molecular flexibility index (Phi) is 5.92. The van der Waals surface area contributed by atoms with Gasteiger partial charge in [-0.15, -0.1) is 10.2 Å². The molecule has 1 aromatic carbocycles. The summed E-state index contributed by atoms with van der Waals surface area (Å²) in [7, 11) is 0. The molecule has 1 saturated carbocycles. The monoisotopic (exact) mass is 414 g/mol. The zero-order valence-electron chi connectivity index (χ0n) is 15.6. The first-order valence-corrected chi connectivity index (χ1v) is 11.1. The number of carbonyl (C=O) groups is 1. The van der Waals surface area contributed by atoms with Gasteiger partial charge < -0.3 is 10.6 Å². The van der Waals surface area contributed by atoms with E-state index in [1.165, 1.54) is 41.5 Å². The molecule has 0 aliphatic heterocycles. The molecule has 28 heavy (non-hydrogen) atoms. The van der Waals surface area contributed by atoms with Crippen molar-refractivity contribution < 1.29 is 4.79 Å². The Labute approximate surface area is 171 Å². The summed E-state index contributed by atoms with van der Waals surface area (Å²) in [6, 6.07) is 10.3. The first kappa shape index (κ1) is 18.9. The lowest BCUT2D eigenvalue weighted by Crippen LogP contribution is -2.19. The van der Waals surface area contributed by atoms with Crippen LogP contribution in [0.15, 0.2) is 40.9 Å². The van der Waals surface area contributed by atoms with E-state index in [0.717, 1.165) is 28.7 Å². The summed E-state index contributed by atoms with van der Waals surface area (Å²) >= 11 is 2.83. The van der Waals surface area contributed by atoms with E-state index in [4.69, 9.17) is 0 Å². The van der Waals surface area contributed by atoms with Crippen LogP contribution in [0.2, 0.25) is 0 Å². The third-order valence-electron chi connectivity index (χ3n) is 4.61. The molecule has 0 saturated heterocycles. The molecule has 1 fully saturated rings. The summed E-state index contributed by atoms with van der Waals surface area (Å²) in [5.74, 6) is 0.999. The summed E-state index contributed by atoms with van der Waals surface area (Å²) < 4.78 is 2.71. The summed E-state index contributed by atoms with van der Waals surface area (Å²) in [6.45, 7) is 2.05. The van der Waals surface area contributed by atoms with E-state index in [1.54, 1.807) is 6.20 Å². The zero-order valence-corrected chi connectivity index (χ0v) is 17.2. The van der Waals surface area contributed by atoms with Gasteiger partial charge in [-0.05, 0) is 37.5 Å². The summed E-state index contributed by atoms with van der Waals surface area (Å²) in [6.07, 6.45) is 6.45. The third-order valence-corrected chi connectivity index (χ3v) is 6.58. The molecule has 2 heterocycles.